The second kappa shape index (κ2) is 5.63. The molecule has 0 radical (unpaired) electrons. The zero-order chi connectivity index (χ0) is 14.0. The van der Waals surface area contributed by atoms with Gasteiger partial charge < -0.3 is 5.32 Å². The number of hydrogen-bond acceptors (Lipinski definition) is 5. The second-order valence-corrected chi connectivity index (χ2v) is 5.14. The summed E-state index contributed by atoms with van der Waals surface area (Å²) in [6.45, 7) is 9.21. The standard InChI is InChI=1S/C13H20N4O2/c1-9-6-15-12(11(3)13(9)17(18)19)8-16-5-4-14-7-10(16)2/h6,10,14H,4-5,7-8H2,1-3H3/t10-/m1/s1. The molecule has 6 nitrogen and oxygen atoms in total. The molecule has 1 aliphatic rings. The van der Waals surface area contributed by atoms with Gasteiger partial charge in [-0.2, -0.15) is 0 Å². The van der Waals surface area contributed by atoms with Crippen LogP contribution >= 0.6 is 0 Å². The van der Waals surface area contributed by atoms with Crippen molar-refractivity contribution in [3.05, 3.63) is 33.1 Å². The third kappa shape index (κ3) is 2.90. The molecule has 2 rings (SSSR count). The fourth-order valence-electron chi connectivity index (χ4n) is 2.52. The highest BCUT2D eigenvalue weighted by molar-refractivity contribution is 5.47. The van der Waals surface area contributed by atoms with E-state index in [0.717, 1.165) is 25.3 Å². The van der Waals surface area contributed by atoms with Crippen LogP contribution in [0.1, 0.15) is 23.7 Å². The van der Waals surface area contributed by atoms with Crippen LogP contribution in [0.15, 0.2) is 6.20 Å². The van der Waals surface area contributed by atoms with Gasteiger partial charge in [0.15, 0.2) is 0 Å². The number of aryl methyl sites for hydroxylation is 1. The zero-order valence-electron chi connectivity index (χ0n) is 11.6. The topological polar surface area (TPSA) is 71.3 Å². The van der Waals surface area contributed by atoms with Crippen LogP contribution < -0.4 is 5.32 Å². The van der Waals surface area contributed by atoms with Crippen LogP contribution in [0.5, 0.6) is 0 Å². The average Bonchev–Trinajstić information content (AvgIpc) is 2.35. The van der Waals surface area contributed by atoms with Crippen LogP contribution in [0.3, 0.4) is 0 Å². The lowest BCUT2D eigenvalue weighted by Crippen LogP contribution is -2.49. The van der Waals surface area contributed by atoms with Crippen LogP contribution in [0.2, 0.25) is 0 Å². The van der Waals surface area contributed by atoms with Gasteiger partial charge in [0.05, 0.1) is 10.6 Å². The van der Waals surface area contributed by atoms with Crippen LogP contribution in [0.25, 0.3) is 0 Å². The Morgan fingerprint density at radius 1 is 1.58 bits per heavy atom. The predicted octanol–water partition coefficient (Wildman–Crippen LogP) is 1.40. The molecule has 0 saturated carbocycles. The Labute approximate surface area is 113 Å². The van der Waals surface area contributed by atoms with E-state index in [1.807, 2.05) is 0 Å². The predicted molar refractivity (Wildman–Crippen MR) is 73.1 cm³/mol. The molecule has 2 heterocycles. The summed E-state index contributed by atoms with van der Waals surface area (Å²) in [5, 5.41) is 14.4. The summed E-state index contributed by atoms with van der Waals surface area (Å²) >= 11 is 0. The van der Waals surface area contributed by atoms with Crippen molar-refractivity contribution >= 4 is 5.69 Å². The maximum atomic E-state index is 11.1. The Bertz CT molecular complexity index is 490. The molecule has 0 bridgehead atoms. The van der Waals surface area contributed by atoms with Gasteiger partial charge >= 0.3 is 0 Å². The molecule has 1 aromatic rings. The number of nitrogens with one attached hydrogen (secondary N) is 1. The zero-order valence-corrected chi connectivity index (χ0v) is 11.6. The SMILES string of the molecule is Cc1cnc(CN2CCNC[C@H]2C)c(C)c1[N+](=O)[O-]. The average molecular weight is 264 g/mol. The van der Waals surface area contributed by atoms with E-state index in [1.165, 1.54) is 0 Å². The quantitative estimate of drug-likeness (QED) is 0.660. The summed E-state index contributed by atoms with van der Waals surface area (Å²) in [5.41, 5.74) is 2.33. The molecule has 0 amide bonds. The third-order valence-corrected chi connectivity index (χ3v) is 3.75. The van der Waals surface area contributed by atoms with E-state index in [-0.39, 0.29) is 10.6 Å². The summed E-state index contributed by atoms with van der Waals surface area (Å²) in [7, 11) is 0. The fraction of sp³-hybridized carbons (Fsp3) is 0.615. The molecule has 1 N–H and O–H groups in total. The van der Waals surface area contributed by atoms with Crippen molar-refractivity contribution in [1.29, 1.82) is 0 Å². The minimum atomic E-state index is -0.308. The summed E-state index contributed by atoms with van der Waals surface area (Å²) < 4.78 is 0. The summed E-state index contributed by atoms with van der Waals surface area (Å²) in [6, 6.07) is 0.426. The van der Waals surface area contributed by atoms with Crippen molar-refractivity contribution in [2.24, 2.45) is 0 Å². The van der Waals surface area contributed by atoms with Gasteiger partial charge in [-0.1, -0.05) is 0 Å². The molecule has 104 valence electrons. The maximum Gasteiger partial charge on any atom is 0.278 e. The number of nitrogens with zero attached hydrogens (tertiary/aromatic N) is 3. The van der Waals surface area contributed by atoms with Gasteiger partial charge in [-0.3, -0.25) is 20.0 Å². The smallest absolute Gasteiger partial charge is 0.278 e. The van der Waals surface area contributed by atoms with Gasteiger partial charge in [-0.15, -0.1) is 0 Å². The van der Waals surface area contributed by atoms with Crippen molar-refractivity contribution in [3.63, 3.8) is 0 Å². The van der Waals surface area contributed by atoms with Crippen molar-refractivity contribution < 1.29 is 4.92 Å². The summed E-state index contributed by atoms with van der Waals surface area (Å²) in [6.07, 6.45) is 1.60. The van der Waals surface area contributed by atoms with Gasteiger partial charge in [0.25, 0.3) is 5.69 Å². The summed E-state index contributed by atoms with van der Waals surface area (Å²) in [4.78, 5) is 17.5. The highest BCUT2D eigenvalue weighted by Gasteiger charge is 2.23. The first-order chi connectivity index (χ1) is 9.00. The van der Waals surface area contributed by atoms with Crippen molar-refractivity contribution in [3.8, 4) is 0 Å². The Kier molecular flexibility index (Phi) is 4.11. The summed E-state index contributed by atoms with van der Waals surface area (Å²) in [5.74, 6) is 0. The Morgan fingerprint density at radius 2 is 2.32 bits per heavy atom. The molecule has 1 saturated heterocycles. The van der Waals surface area contributed by atoms with E-state index in [1.54, 1.807) is 20.0 Å². The van der Waals surface area contributed by atoms with Crippen molar-refractivity contribution in [2.75, 3.05) is 19.6 Å². The maximum absolute atomic E-state index is 11.1. The lowest BCUT2D eigenvalue weighted by molar-refractivity contribution is -0.386. The van der Waals surface area contributed by atoms with Gasteiger partial charge in [-0.25, -0.2) is 0 Å². The molecule has 1 fully saturated rings. The van der Waals surface area contributed by atoms with Crippen molar-refractivity contribution in [2.45, 2.75) is 33.4 Å². The lowest BCUT2D eigenvalue weighted by atomic mass is 10.1. The number of nitro groups is 1. The minimum absolute atomic E-state index is 0.202. The highest BCUT2D eigenvalue weighted by atomic mass is 16.6. The van der Waals surface area contributed by atoms with Crippen LogP contribution in [0.4, 0.5) is 5.69 Å². The molecular weight excluding hydrogens is 244 g/mol. The van der Waals surface area contributed by atoms with Crippen LogP contribution in [-0.2, 0) is 6.54 Å². The van der Waals surface area contributed by atoms with Gasteiger partial charge in [-0.05, 0) is 20.8 Å². The van der Waals surface area contributed by atoms with E-state index in [2.05, 4.69) is 22.1 Å². The second-order valence-electron chi connectivity index (χ2n) is 5.14. The number of aromatic nitrogens is 1. The Hall–Kier alpha value is -1.53. The molecule has 0 aliphatic carbocycles. The first kappa shape index (κ1) is 13.9. The number of hydrogen-bond donors (Lipinski definition) is 1. The molecule has 6 heteroatoms. The monoisotopic (exact) mass is 264 g/mol. The molecule has 1 aromatic heterocycles. The van der Waals surface area contributed by atoms with E-state index in [9.17, 15) is 10.1 Å². The third-order valence-electron chi connectivity index (χ3n) is 3.75. The molecule has 0 aromatic carbocycles. The molecule has 0 unspecified atom stereocenters. The Morgan fingerprint density at radius 3 is 2.95 bits per heavy atom. The van der Waals surface area contributed by atoms with Crippen molar-refractivity contribution in [1.82, 2.24) is 15.2 Å². The van der Waals surface area contributed by atoms with E-state index in [0.29, 0.717) is 23.7 Å². The first-order valence-corrected chi connectivity index (χ1v) is 6.55. The molecule has 1 aliphatic heterocycles. The lowest BCUT2D eigenvalue weighted by Gasteiger charge is -2.33. The molecule has 0 spiro atoms. The fourth-order valence-corrected chi connectivity index (χ4v) is 2.52. The minimum Gasteiger partial charge on any atom is -0.314 e. The number of piperazine rings is 1. The van der Waals surface area contributed by atoms with E-state index >= 15 is 0 Å². The normalized spacial score (nSPS) is 20.5. The Balaban J connectivity index is 2.25. The number of pyridine rings is 1. The van der Waals surface area contributed by atoms with E-state index < -0.39 is 0 Å². The largest absolute Gasteiger partial charge is 0.314 e. The van der Waals surface area contributed by atoms with Crippen LogP contribution in [-0.4, -0.2) is 40.5 Å². The molecule has 1 atom stereocenters. The highest BCUT2D eigenvalue weighted by Crippen LogP contribution is 2.25. The molecular formula is C13H20N4O2. The van der Waals surface area contributed by atoms with Gasteiger partial charge in [0.2, 0.25) is 0 Å². The van der Waals surface area contributed by atoms with Crippen LogP contribution in [0, 0.1) is 24.0 Å². The van der Waals surface area contributed by atoms with Gasteiger partial charge in [0.1, 0.15) is 0 Å². The van der Waals surface area contributed by atoms with Gasteiger partial charge in [0, 0.05) is 49.5 Å². The first-order valence-electron chi connectivity index (χ1n) is 6.55. The van der Waals surface area contributed by atoms with E-state index in [4.69, 9.17) is 0 Å². The number of rotatable bonds is 3. The molecule has 19 heavy (non-hydrogen) atoms.